The van der Waals surface area contributed by atoms with E-state index in [2.05, 4.69) is 5.32 Å². The molecule has 0 bridgehead atoms. The van der Waals surface area contributed by atoms with Crippen LogP contribution in [0.2, 0.25) is 0 Å². The monoisotopic (exact) mass is 648 g/mol. The van der Waals surface area contributed by atoms with Crippen molar-refractivity contribution in [1.82, 2.24) is 5.32 Å². The van der Waals surface area contributed by atoms with Crippen molar-refractivity contribution in [3.63, 3.8) is 0 Å². The van der Waals surface area contributed by atoms with Crippen molar-refractivity contribution in [2.45, 2.75) is 81.1 Å². The first-order chi connectivity index (χ1) is 19.9. The largest absolute Gasteiger partial charge is 0.756 e. The highest BCUT2D eigenvalue weighted by Crippen LogP contribution is 2.38. The van der Waals surface area contributed by atoms with Crippen LogP contribution in [0.3, 0.4) is 0 Å². The first-order valence-electron chi connectivity index (χ1n) is 13.6. The fourth-order valence-corrected chi connectivity index (χ4v) is 5.18. The van der Waals surface area contributed by atoms with Crippen LogP contribution >= 0.6 is 7.82 Å². The minimum atomic E-state index is -4.67. The lowest BCUT2D eigenvalue weighted by molar-refractivity contribution is -0.870. The lowest BCUT2D eigenvalue weighted by atomic mass is 9.92. The van der Waals surface area contributed by atoms with Gasteiger partial charge in [-0.1, -0.05) is 0 Å². The molecule has 0 aromatic heterocycles. The van der Waals surface area contributed by atoms with Gasteiger partial charge in [0.2, 0.25) is 5.91 Å². The van der Waals surface area contributed by atoms with E-state index >= 15 is 0 Å². The Bertz CT molecular complexity index is 953. The molecule has 2 rings (SSSR count). The van der Waals surface area contributed by atoms with E-state index in [9.17, 15) is 44.6 Å². The Labute approximate surface area is 249 Å². The molecule has 12 atom stereocenters. The fourth-order valence-electron chi connectivity index (χ4n) is 4.44. The average Bonchev–Trinajstić information content (AvgIpc) is 2.88. The van der Waals surface area contributed by atoms with Gasteiger partial charge in [0.1, 0.15) is 55.9 Å². The van der Waals surface area contributed by atoms with Gasteiger partial charge in [-0.3, -0.25) is 9.36 Å². The van der Waals surface area contributed by atoms with E-state index in [1.807, 2.05) is 21.1 Å². The number of carboxylic acid groups (broad SMARTS) is 1. The SMILES string of the molecule is CO[C@@H]1C(C(=O)O)O[C@@H](O[C@@H]2C(NC(C)=O)[C@H](C)OC(COC[C@H](O)COP(=O)([O-])OCC[N+](C)(C)C)[C@H]2O)C(O)[C@H]1O. The maximum atomic E-state index is 11.9. The zero-order chi connectivity index (χ0) is 32.7. The molecule has 252 valence electrons. The number of aliphatic hydroxyl groups is 4. The fraction of sp³-hybridized carbons (Fsp3) is 0.917. The molecule has 18 nitrogen and oxygen atoms in total. The minimum absolute atomic E-state index is 0.111. The zero-order valence-corrected chi connectivity index (χ0v) is 25.9. The van der Waals surface area contributed by atoms with Gasteiger partial charge < -0.3 is 73.0 Å². The van der Waals surface area contributed by atoms with E-state index in [-0.39, 0.29) is 13.2 Å². The van der Waals surface area contributed by atoms with Crippen LogP contribution in [0.5, 0.6) is 0 Å². The van der Waals surface area contributed by atoms with Gasteiger partial charge >= 0.3 is 5.97 Å². The summed E-state index contributed by atoms with van der Waals surface area (Å²) in [6.45, 7) is 1.64. The minimum Gasteiger partial charge on any atom is -0.756 e. The van der Waals surface area contributed by atoms with Crippen molar-refractivity contribution in [3.05, 3.63) is 0 Å². The smallest absolute Gasteiger partial charge is 0.335 e. The Balaban J connectivity index is 2.01. The lowest BCUT2D eigenvalue weighted by Gasteiger charge is -2.47. The molecule has 2 aliphatic heterocycles. The van der Waals surface area contributed by atoms with Gasteiger partial charge in [-0.2, -0.15) is 0 Å². The molecule has 0 saturated carbocycles. The van der Waals surface area contributed by atoms with E-state index in [1.54, 1.807) is 6.92 Å². The third kappa shape index (κ3) is 11.5. The number of aliphatic carboxylic acids is 1. The van der Waals surface area contributed by atoms with E-state index < -0.39 is 100 Å². The molecule has 5 unspecified atom stereocenters. The summed E-state index contributed by atoms with van der Waals surface area (Å²) in [6, 6.07) is -1.01. The number of carboxylic acids is 1. The van der Waals surface area contributed by atoms with Crippen LogP contribution in [0.25, 0.3) is 0 Å². The number of phosphoric ester groups is 1. The number of methoxy groups -OCH3 is 1. The van der Waals surface area contributed by atoms with Gasteiger partial charge in [0.15, 0.2) is 12.4 Å². The van der Waals surface area contributed by atoms with Crippen LogP contribution in [0, 0.1) is 0 Å². The molecule has 6 N–H and O–H groups in total. The number of phosphoric acid groups is 1. The average molecular weight is 649 g/mol. The first-order valence-corrected chi connectivity index (χ1v) is 15.0. The number of nitrogens with zero attached hydrogens (tertiary/aromatic N) is 1. The second kappa shape index (κ2) is 16.3. The number of hydrogen-bond acceptors (Lipinski definition) is 15. The Morgan fingerprint density at radius 3 is 2.26 bits per heavy atom. The molecular formula is C24H45N2O16P. The van der Waals surface area contributed by atoms with Crippen LogP contribution in [0.4, 0.5) is 0 Å². The number of likely N-dealkylation sites (N-methyl/N-ethyl adjacent to an activating group) is 1. The van der Waals surface area contributed by atoms with Crippen molar-refractivity contribution in [2.24, 2.45) is 0 Å². The predicted molar refractivity (Wildman–Crippen MR) is 141 cm³/mol. The van der Waals surface area contributed by atoms with Crippen LogP contribution in [-0.4, -0.2) is 170 Å². The maximum absolute atomic E-state index is 11.9. The van der Waals surface area contributed by atoms with E-state index in [4.69, 9.17) is 32.7 Å². The van der Waals surface area contributed by atoms with Crippen molar-refractivity contribution < 1.29 is 81.8 Å². The topological polar surface area (TPSA) is 252 Å². The van der Waals surface area contributed by atoms with Crippen molar-refractivity contribution >= 4 is 19.7 Å². The number of rotatable bonds is 16. The molecule has 19 heteroatoms. The Kier molecular flexibility index (Phi) is 14.3. The van der Waals surface area contributed by atoms with Crippen LogP contribution in [-0.2, 0) is 46.9 Å². The third-order valence-electron chi connectivity index (χ3n) is 6.72. The number of amides is 1. The number of aliphatic hydroxyl groups excluding tert-OH is 4. The summed E-state index contributed by atoms with van der Waals surface area (Å²) in [6.07, 6.45) is -14.7. The number of hydrogen-bond donors (Lipinski definition) is 6. The normalized spacial score (nSPS) is 35.6. The Morgan fingerprint density at radius 1 is 1.05 bits per heavy atom. The summed E-state index contributed by atoms with van der Waals surface area (Å²) in [5, 5.41) is 54.3. The quantitative estimate of drug-likeness (QED) is 0.0692. The summed E-state index contributed by atoms with van der Waals surface area (Å²) >= 11 is 0. The highest BCUT2D eigenvalue weighted by Gasteiger charge is 2.52. The van der Waals surface area contributed by atoms with Crippen molar-refractivity contribution in [3.8, 4) is 0 Å². The zero-order valence-electron chi connectivity index (χ0n) is 25.0. The third-order valence-corrected chi connectivity index (χ3v) is 7.68. The molecule has 0 aliphatic carbocycles. The molecule has 2 fully saturated rings. The standard InChI is InChI=1S/C24H45N2O16P/c1-12-16(25-13(2)27)20(41-24-19(31)18(30)21(36-6)22(42-24)23(32)33)17(29)15(40-12)11-37-9-14(28)10-39-43(34,35)38-8-7-26(3,4)5/h12,14-22,24,28-31H,7-11H2,1-6H3,(H2-,25,27,32,33,34,35)/t12-,14-,15?,16?,17+,18+,19?,20+,21-,22?,24+/m0/s1. The summed E-state index contributed by atoms with van der Waals surface area (Å²) < 4.78 is 49.1. The molecule has 2 saturated heterocycles. The summed E-state index contributed by atoms with van der Waals surface area (Å²) in [5.41, 5.74) is 0. The summed E-state index contributed by atoms with van der Waals surface area (Å²) in [5.74, 6) is -2.01. The highest BCUT2D eigenvalue weighted by atomic mass is 31.2. The van der Waals surface area contributed by atoms with Gasteiger partial charge in [0.25, 0.3) is 7.82 Å². The van der Waals surface area contributed by atoms with Gasteiger partial charge in [-0.15, -0.1) is 0 Å². The molecule has 0 aromatic carbocycles. The molecule has 0 spiro atoms. The number of nitrogens with one attached hydrogen (secondary N) is 1. The van der Waals surface area contributed by atoms with E-state index in [1.165, 1.54) is 6.92 Å². The Morgan fingerprint density at radius 2 is 1.70 bits per heavy atom. The van der Waals surface area contributed by atoms with E-state index in [0.29, 0.717) is 11.0 Å². The number of quaternary nitrogens is 1. The summed E-state index contributed by atoms with van der Waals surface area (Å²) in [7, 11) is 2.03. The predicted octanol–water partition coefficient (Wildman–Crippen LogP) is -3.84. The molecular weight excluding hydrogens is 603 g/mol. The number of carbonyl (C=O) groups excluding carboxylic acids is 1. The second-order valence-corrected chi connectivity index (χ2v) is 12.8. The molecule has 2 heterocycles. The maximum Gasteiger partial charge on any atom is 0.335 e. The lowest BCUT2D eigenvalue weighted by Crippen LogP contribution is -2.67. The van der Waals surface area contributed by atoms with Crippen molar-refractivity contribution in [1.29, 1.82) is 0 Å². The number of carbonyl (C=O) groups is 2. The molecule has 0 radical (unpaired) electrons. The number of ether oxygens (including phenoxy) is 5. The van der Waals surface area contributed by atoms with E-state index in [0.717, 1.165) is 7.11 Å². The van der Waals surface area contributed by atoms with Crippen LogP contribution < -0.4 is 10.2 Å². The first kappa shape index (κ1) is 37.8. The summed E-state index contributed by atoms with van der Waals surface area (Å²) in [4.78, 5) is 35.5. The van der Waals surface area contributed by atoms with Gasteiger partial charge in [-0.25, -0.2) is 4.79 Å². The molecule has 1 amide bonds. The van der Waals surface area contributed by atoms with Crippen LogP contribution in [0.1, 0.15) is 13.8 Å². The molecule has 43 heavy (non-hydrogen) atoms. The Hall–Kier alpha value is -1.35. The second-order valence-electron chi connectivity index (χ2n) is 11.4. The highest BCUT2D eigenvalue weighted by molar-refractivity contribution is 7.45. The van der Waals surface area contributed by atoms with Gasteiger partial charge in [-0.05, 0) is 6.92 Å². The molecule has 0 aromatic rings. The van der Waals surface area contributed by atoms with Gasteiger partial charge in [0.05, 0.1) is 53.1 Å². The van der Waals surface area contributed by atoms with Gasteiger partial charge in [0, 0.05) is 14.0 Å². The van der Waals surface area contributed by atoms with Crippen LogP contribution in [0.15, 0.2) is 0 Å². The van der Waals surface area contributed by atoms with Crippen molar-refractivity contribution in [2.75, 3.05) is 61.2 Å². The molecule has 2 aliphatic rings.